The van der Waals surface area contributed by atoms with Crippen molar-refractivity contribution < 1.29 is 19.4 Å². The Hall–Kier alpha value is -1.14. The Bertz CT molecular complexity index is 521. The summed E-state index contributed by atoms with van der Waals surface area (Å²) in [4.78, 5) is 23.9. The fourth-order valence-corrected chi connectivity index (χ4v) is 5.53. The van der Waals surface area contributed by atoms with E-state index in [2.05, 4.69) is 38.3 Å². The summed E-state index contributed by atoms with van der Waals surface area (Å²) in [6.45, 7) is 8.75. The molecule has 0 bridgehead atoms. The van der Waals surface area contributed by atoms with Crippen LogP contribution in [-0.2, 0) is 14.3 Å². The molecule has 174 valence electrons. The number of aliphatic carboxylic acids is 1. The average molecular weight is 425 g/mol. The molecule has 0 aromatic carbocycles. The van der Waals surface area contributed by atoms with Crippen LogP contribution in [0.15, 0.2) is 0 Å². The molecule has 0 amide bonds. The van der Waals surface area contributed by atoms with Crippen LogP contribution in [0.5, 0.6) is 0 Å². The third-order valence-electron chi connectivity index (χ3n) is 6.74. The molecule has 5 atom stereocenters. The van der Waals surface area contributed by atoms with E-state index in [0.717, 1.165) is 64.2 Å². The standard InChI is InChI=1S/C24H44N2O4/c1-16-12-20(13-17(2)25-16)22(10-8-6-5-7-9-11-23(27)28)24(29)30-21-14-18(3)26-19(4)15-21/h16-22,25-26H,5-15H2,1-4H3,(H,27,28). The highest BCUT2D eigenvalue weighted by molar-refractivity contribution is 5.73. The monoisotopic (exact) mass is 424 g/mol. The van der Waals surface area contributed by atoms with E-state index in [1.807, 2.05) is 0 Å². The Morgan fingerprint density at radius 3 is 1.90 bits per heavy atom. The number of nitrogens with one attached hydrogen (secondary N) is 2. The maximum atomic E-state index is 13.3. The second kappa shape index (κ2) is 12.7. The number of hydrogen-bond acceptors (Lipinski definition) is 5. The van der Waals surface area contributed by atoms with Crippen LogP contribution < -0.4 is 10.6 Å². The van der Waals surface area contributed by atoms with Crippen LogP contribution in [0.2, 0.25) is 0 Å². The molecule has 30 heavy (non-hydrogen) atoms. The van der Waals surface area contributed by atoms with Crippen LogP contribution in [0.4, 0.5) is 0 Å². The van der Waals surface area contributed by atoms with E-state index in [-0.39, 0.29) is 24.4 Å². The zero-order valence-electron chi connectivity index (χ0n) is 19.5. The number of carbonyl (C=O) groups excluding carboxylic acids is 1. The molecule has 2 aliphatic rings. The van der Waals surface area contributed by atoms with Crippen LogP contribution in [-0.4, -0.2) is 47.3 Å². The van der Waals surface area contributed by atoms with Crippen molar-refractivity contribution in [2.24, 2.45) is 11.8 Å². The topological polar surface area (TPSA) is 87.7 Å². The van der Waals surface area contributed by atoms with Crippen molar-refractivity contribution in [2.45, 2.75) is 129 Å². The highest BCUT2D eigenvalue weighted by atomic mass is 16.5. The first-order valence-corrected chi connectivity index (χ1v) is 12.2. The second-order valence-electron chi connectivity index (χ2n) is 10.0. The lowest BCUT2D eigenvalue weighted by Crippen LogP contribution is -2.48. The van der Waals surface area contributed by atoms with Crippen molar-refractivity contribution in [2.75, 3.05) is 0 Å². The molecule has 2 heterocycles. The van der Waals surface area contributed by atoms with Gasteiger partial charge < -0.3 is 20.5 Å². The molecule has 0 aliphatic carbocycles. The fraction of sp³-hybridized carbons (Fsp3) is 0.917. The summed E-state index contributed by atoms with van der Waals surface area (Å²) >= 11 is 0. The minimum atomic E-state index is -0.714. The van der Waals surface area contributed by atoms with Gasteiger partial charge in [-0.25, -0.2) is 0 Å². The van der Waals surface area contributed by atoms with E-state index >= 15 is 0 Å². The molecular weight excluding hydrogens is 380 g/mol. The molecule has 6 nitrogen and oxygen atoms in total. The minimum Gasteiger partial charge on any atom is -0.481 e. The van der Waals surface area contributed by atoms with E-state index in [1.165, 1.54) is 0 Å². The van der Waals surface area contributed by atoms with Crippen molar-refractivity contribution in [1.82, 2.24) is 10.6 Å². The number of hydrogen-bond donors (Lipinski definition) is 3. The molecule has 6 heteroatoms. The molecule has 2 saturated heterocycles. The van der Waals surface area contributed by atoms with Crippen LogP contribution in [0.3, 0.4) is 0 Å². The van der Waals surface area contributed by atoms with Crippen LogP contribution in [0.25, 0.3) is 0 Å². The predicted octanol–water partition coefficient (Wildman–Crippen LogP) is 4.27. The van der Waals surface area contributed by atoms with Gasteiger partial charge in [-0.15, -0.1) is 0 Å². The number of carboxylic acids is 1. The van der Waals surface area contributed by atoms with E-state index < -0.39 is 5.97 Å². The summed E-state index contributed by atoms with van der Waals surface area (Å²) in [6, 6.07) is 1.64. The van der Waals surface area contributed by atoms with Gasteiger partial charge in [-0.3, -0.25) is 9.59 Å². The molecule has 2 rings (SSSR count). The third kappa shape index (κ3) is 8.93. The van der Waals surface area contributed by atoms with Gasteiger partial charge in [-0.05, 0) is 72.1 Å². The van der Waals surface area contributed by atoms with E-state index in [1.54, 1.807) is 0 Å². The van der Waals surface area contributed by atoms with Crippen LogP contribution in [0.1, 0.15) is 98.3 Å². The molecule has 5 unspecified atom stereocenters. The fourth-order valence-electron chi connectivity index (χ4n) is 5.53. The number of piperidine rings is 2. The maximum Gasteiger partial charge on any atom is 0.309 e. The van der Waals surface area contributed by atoms with Gasteiger partial charge in [0.05, 0.1) is 5.92 Å². The summed E-state index contributed by atoms with van der Waals surface area (Å²) in [5.41, 5.74) is 0. The number of rotatable bonds is 11. The predicted molar refractivity (Wildman–Crippen MR) is 119 cm³/mol. The first-order chi connectivity index (χ1) is 14.2. The van der Waals surface area contributed by atoms with Crippen LogP contribution in [0, 0.1) is 11.8 Å². The van der Waals surface area contributed by atoms with Gasteiger partial charge in [0, 0.05) is 30.6 Å². The Labute approximate surface area is 182 Å². The molecule has 2 aliphatic heterocycles. The highest BCUT2D eigenvalue weighted by Gasteiger charge is 2.36. The number of ether oxygens (including phenoxy) is 1. The lowest BCUT2D eigenvalue weighted by atomic mass is 9.77. The van der Waals surface area contributed by atoms with Gasteiger partial charge in [0.25, 0.3) is 0 Å². The Morgan fingerprint density at radius 2 is 1.33 bits per heavy atom. The first kappa shape index (κ1) is 25.1. The smallest absolute Gasteiger partial charge is 0.309 e. The molecule has 0 radical (unpaired) electrons. The summed E-state index contributed by atoms with van der Waals surface area (Å²) in [7, 11) is 0. The van der Waals surface area contributed by atoms with Crippen LogP contribution >= 0.6 is 0 Å². The first-order valence-electron chi connectivity index (χ1n) is 12.2. The van der Waals surface area contributed by atoms with Crippen molar-refractivity contribution in [3.63, 3.8) is 0 Å². The van der Waals surface area contributed by atoms with Gasteiger partial charge in [0.1, 0.15) is 6.10 Å². The van der Waals surface area contributed by atoms with Gasteiger partial charge in [-0.1, -0.05) is 25.7 Å². The van der Waals surface area contributed by atoms with E-state index in [0.29, 0.717) is 30.1 Å². The number of carbonyl (C=O) groups is 2. The highest BCUT2D eigenvalue weighted by Crippen LogP contribution is 2.33. The number of unbranched alkanes of at least 4 members (excludes halogenated alkanes) is 4. The van der Waals surface area contributed by atoms with Crippen molar-refractivity contribution in [1.29, 1.82) is 0 Å². The minimum absolute atomic E-state index is 0.0125. The van der Waals surface area contributed by atoms with Crippen molar-refractivity contribution in [3.8, 4) is 0 Å². The Balaban J connectivity index is 1.88. The average Bonchev–Trinajstić information content (AvgIpc) is 2.61. The van der Waals surface area contributed by atoms with Gasteiger partial charge >= 0.3 is 11.9 Å². The number of carboxylic acid groups (broad SMARTS) is 1. The molecule has 0 aromatic rings. The van der Waals surface area contributed by atoms with Gasteiger partial charge in [0.15, 0.2) is 0 Å². The summed E-state index contributed by atoms with van der Waals surface area (Å²) in [6.07, 6.45) is 9.82. The molecule has 0 aromatic heterocycles. The van der Waals surface area contributed by atoms with Gasteiger partial charge in [0.2, 0.25) is 0 Å². The largest absolute Gasteiger partial charge is 0.481 e. The number of esters is 1. The molecule has 2 fully saturated rings. The zero-order chi connectivity index (χ0) is 22.1. The summed E-state index contributed by atoms with van der Waals surface area (Å²) in [5, 5.41) is 15.8. The molecule has 0 spiro atoms. The quantitative estimate of drug-likeness (QED) is 0.339. The normalized spacial score (nSPS) is 33.1. The Morgan fingerprint density at radius 1 is 0.833 bits per heavy atom. The third-order valence-corrected chi connectivity index (χ3v) is 6.74. The maximum absolute atomic E-state index is 13.3. The lowest BCUT2D eigenvalue weighted by Gasteiger charge is -2.38. The van der Waals surface area contributed by atoms with Crippen molar-refractivity contribution in [3.05, 3.63) is 0 Å². The van der Waals surface area contributed by atoms with E-state index in [4.69, 9.17) is 9.84 Å². The zero-order valence-corrected chi connectivity index (χ0v) is 19.5. The SMILES string of the molecule is CC1CC(OC(=O)C(CCCCCCCC(=O)O)C2CC(C)NC(C)C2)CC(C)N1. The second-order valence-corrected chi connectivity index (χ2v) is 10.0. The van der Waals surface area contributed by atoms with Crippen molar-refractivity contribution >= 4 is 11.9 Å². The van der Waals surface area contributed by atoms with E-state index in [9.17, 15) is 9.59 Å². The molecule has 3 N–H and O–H groups in total. The Kier molecular flexibility index (Phi) is 10.6. The molecular formula is C24H44N2O4. The van der Waals surface area contributed by atoms with Gasteiger partial charge in [-0.2, -0.15) is 0 Å². The summed E-state index contributed by atoms with van der Waals surface area (Å²) < 4.78 is 6.08. The molecule has 0 saturated carbocycles. The summed E-state index contributed by atoms with van der Waals surface area (Å²) in [5.74, 6) is -0.337. The lowest BCUT2D eigenvalue weighted by molar-refractivity contribution is -0.159.